The standard InChI is InChI=1S/C27H31ClN4O7/c1-16-3-4-17(9-21(16)28)30-27-20-12-25(24(37-2)13-22(20)29-14-23(27)31-36)39-15-19(34)10-18(33)11-26(35)32-5-7-38-8-6-32/h3-4,9,12-14,18-19,33-34H,5-8,10-11,15H2,1-2H3,(H,29,30). The van der Waals surface area contributed by atoms with Crippen LogP contribution in [0, 0.1) is 11.8 Å². The number of hydrogen-bond donors (Lipinski definition) is 3. The second kappa shape index (κ2) is 13.0. The molecule has 1 aliphatic heterocycles. The summed E-state index contributed by atoms with van der Waals surface area (Å²) in [4.78, 5) is 29.9. The van der Waals surface area contributed by atoms with E-state index >= 15 is 0 Å². The zero-order valence-corrected chi connectivity index (χ0v) is 22.5. The van der Waals surface area contributed by atoms with Crippen molar-refractivity contribution in [3.63, 3.8) is 0 Å². The van der Waals surface area contributed by atoms with E-state index in [-0.39, 0.29) is 36.8 Å². The summed E-state index contributed by atoms with van der Waals surface area (Å²) in [7, 11) is 1.47. The number of fused-ring (bicyclic) bond motifs is 1. The van der Waals surface area contributed by atoms with Crippen molar-refractivity contribution in [1.82, 2.24) is 9.88 Å². The lowest BCUT2D eigenvalue weighted by Crippen LogP contribution is -2.42. The van der Waals surface area contributed by atoms with E-state index in [2.05, 4.69) is 15.5 Å². The van der Waals surface area contributed by atoms with E-state index < -0.39 is 12.2 Å². The number of nitrogens with one attached hydrogen (secondary N) is 1. The second-order valence-corrected chi connectivity index (χ2v) is 9.68. The summed E-state index contributed by atoms with van der Waals surface area (Å²) >= 11 is 6.27. The molecule has 12 heteroatoms. The molecule has 2 atom stereocenters. The van der Waals surface area contributed by atoms with Crippen LogP contribution in [0.25, 0.3) is 10.9 Å². The number of methoxy groups -OCH3 is 1. The van der Waals surface area contributed by atoms with E-state index in [1.54, 1.807) is 23.1 Å². The molecule has 1 amide bonds. The van der Waals surface area contributed by atoms with Gasteiger partial charge in [0.1, 0.15) is 12.3 Å². The van der Waals surface area contributed by atoms with Gasteiger partial charge in [0.25, 0.3) is 0 Å². The highest BCUT2D eigenvalue weighted by atomic mass is 35.5. The Bertz CT molecular complexity index is 1330. The van der Waals surface area contributed by atoms with Gasteiger partial charge in [-0.05, 0) is 35.9 Å². The fourth-order valence-electron chi connectivity index (χ4n) is 4.27. The number of ether oxygens (including phenoxy) is 3. The molecule has 0 bridgehead atoms. The fraction of sp³-hybridized carbons (Fsp3) is 0.407. The van der Waals surface area contributed by atoms with Crippen molar-refractivity contribution < 1.29 is 29.2 Å². The van der Waals surface area contributed by atoms with E-state index in [1.807, 2.05) is 19.1 Å². The van der Waals surface area contributed by atoms with Crippen LogP contribution in [-0.4, -0.2) is 78.2 Å². The molecule has 3 aromatic rings. The second-order valence-electron chi connectivity index (χ2n) is 9.27. The van der Waals surface area contributed by atoms with Gasteiger partial charge in [-0.2, -0.15) is 0 Å². The molecule has 4 rings (SSSR count). The summed E-state index contributed by atoms with van der Waals surface area (Å²) in [5.41, 5.74) is 2.57. The van der Waals surface area contributed by atoms with Crippen molar-refractivity contribution in [2.75, 3.05) is 45.3 Å². The Labute approximate surface area is 230 Å². The Morgan fingerprint density at radius 1 is 1.21 bits per heavy atom. The van der Waals surface area contributed by atoms with Gasteiger partial charge < -0.3 is 34.6 Å². The molecular weight excluding hydrogens is 528 g/mol. The number of nitroso groups, excluding NO2 is 1. The van der Waals surface area contributed by atoms with Gasteiger partial charge in [-0.25, -0.2) is 0 Å². The largest absolute Gasteiger partial charge is 0.493 e. The summed E-state index contributed by atoms with van der Waals surface area (Å²) in [6.07, 6.45) is -0.863. The predicted octanol–water partition coefficient (Wildman–Crippen LogP) is 4.09. The third kappa shape index (κ3) is 7.12. The summed E-state index contributed by atoms with van der Waals surface area (Å²) in [6.45, 7) is 3.65. The molecule has 3 N–H and O–H groups in total. The molecule has 2 unspecified atom stereocenters. The number of morpholine rings is 1. The quantitative estimate of drug-likeness (QED) is 0.296. The van der Waals surface area contributed by atoms with Crippen LogP contribution in [0.2, 0.25) is 5.02 Å². The minimum atomic E-state index is -1.05. The van der Waals surface area contributed by atoms with Crippen molar-refractivity contribution in [1.29, 1.82) is 0 Å². The number of aromatic nitrogens is 1. The molecule has 1 saturated heterocycles. The molecule has 2 heterocycles. The lowest BCUT2D eigenvalue weighted by Gasteiger charge is -2.28. The molecule has 1 aliphatic rings. The molecule has 1 aromatic heterocycles. The minimum Gasteiger partial charge on any atom is -0.493 e. The molecule has 208 valence electrons. The molecule has 0 spiro atoms. The predicted molar refractivity (Wildman–Crippen MR) is 147 cm³/mol. The highest BCUT2D eigenvalue weighted by molar-refractivity contribution is 6.31. The van der Waals surface area contributed by atoms with Crippen LogP contribution in [0.15, 0.2) is 41.7 Å². The number of aliphatic hydroxyl groups is 2. The number of benzene rings is 2. The van der Waals surface area contributed by atoms with Crippen LogP contribution in [-0.2, 0) is 9.53 Å². The van der Waals surface area contributed by atoms with E-state index in [4.69, 9.17) is 25.8 Å². The molecule has 39 heavy (non-hydrogen) atoms. The van der Waals surface area contributed by atoms with E-state index in [9.17, 15) is 19.9 Å². The number of anilines is 2. The Morgan fingerprint density at radius 2 is 1.97 bits per heavy atom. The topological polar surface area (TPSA) is 143 Å². The molecular formula is C27H31ClN4O7. The zero-order chi connectivity index (χ0) is 27.9. The monoisotopic (exact) mass is 558 g/mol. The number of amides is 1. The van der Waals surface area contributed by atoms with Gasteiger partial charge in [-0.1, -0.05) is 17.7 Å². The highest BCUT2D eigenvalue weighted by Gasteiger charge is 2.22. The van der Waals surface area contributed by atoms with Gasteiger partial charge in [0, 0.05) is 41.7 Å². The molecule has 0 saturated carbocycles. The van der Waals surface area contributed by atoms with Crippen LogP contribution < -0.4 is 14.8 Å². The van der Waals surface area contributed by atoms with Crippen LogP contribution in [0.5, 0.6) is 11.5 Å². The van der Waals surface area contributed by atoms with Crippen LogP contribution in [0.1, 0.15) is 18.4 Å². The summed E-state index contributed by atoms with van der Waals surface area (Å²) in [6, 6.07) is 8.70. The van der Waals surface area contributed by atoms with Crippen molar-refractivity contribution in [3.8, 4) is 11.5 Å². The van der Waals surface area contributed by atoms with Crippen molar-refractivity contribution in [2.45, 2.75) is 32.0 Å². The maximum absolute atomic E-state index is 12.4. The van der Waals surface area contributed by atoms with Gasteiger partial charge in [0.15, 0.2) is 11.5 Å². The summed E-state index contributed by atoms with van der Waals surface area (Å²) in [5, 5.41) is 28.2. The number of rotatable bonds is 11. The smallest absolute Gasteiger partial charge is 0.225 e. The van der Waals surface area contributed by atoms with Gasteiger partial charge in [0.05, 0.1) is 56.4 Å². The fourth-order valence-corrected chi connectivity index (χ4v) is 4.45. The maximum atomic E-state index is 12.4. The van der Waals surface area contributed by atoms with Crippen molar-refractivity contribution >= 4 is 45.5 Å². The third-order valence-corrected chi connectivity index (χ3v) is 6.83. The molecule has 0 aliphatic carbocycles. The van der Waals surface area contributed by atoms with Crippen LogP contribution in [0.3, 0.4) is 0 Å². The van der Waals surface area contributed by atoms with Gasteiger partial charge >= 0.3 is 0 Å². The first-order valence-corrected chi connectivity index (χ1v) is 12.9. The van der Waals surface area contributed by atoms with Crippen molar-refractivity contribution in [2.24, 2.45) is 5.18 Å². The van der Waals surface area contributed by atoms with Gasteiger partial charge in [0.2, 0.25) is 5.91 Å². The maximum Gasteiger partial charge on any atom is 0.225 e. The SMILES string of the molecule is COc1cc2ncc(N=O)c(Nc3ccc(C)c(Cl)c3)c2cc1OCC(O)CC(O)CC(=O)N1CCOCC1. The van der Waals surface area contributed by atoms with Crippen LogP contribution >= 0.6 is 11.6 Å². The zero-order valence-electron chi connectivity index (χ0n) is 21.7. The number of nitrogens with zero attached hydrogens (tertiary/aromatic N) is 3. The van der Waals surface area contributed by atoms with Gasteiger partial charge in [-0.3, -0.25) is 9.78 Å². The first-order valence-electron chi connectivity index (χ1n) is 12.5. The summed E-state index contributed by atoms with van der Waals surface area (Å²) < 4.78 is 16.5. The Balaban J connectivity index is 1.49. The summed E-state index contributed by atoms with van der Waals surface area (Å²) in [5.74, 6) is 0.469. The Kier molecular flexibility index (Phi) is 9.52. The third-order valence-electron chi connectivity index (χ3n) is 6.42. The molecule has 11 nitrogen and oxygen atoms in total. The van der Waals surface area contributed by atoms with Crippen LogP contribution in [0.4, 0.5) is 17.1 Å². The number of aliphatic hydroxyl groups excluding tert-OH is 2. The number of carbonyl (C=O) groups excluding carboxylic acids is 1. The van der Waals surface area contributed by atoms with E-state index in [0.29, 0.717) is 59.4 Å². The highest BCUT2D eigenvalue weighted by Crippen LogP contribution is 2.40. The van der Waals surface area contributed by atoms with Crippen molar-refractivity contribution in [3.05, 3.63) is 52.0 Å². The number of pyridine rings is 1. The van der Waals surface area contributed by atoms with Gasteiger partial charge in [-0.15, -0.1) is 4.91 Å². The molecule has 0 radical (unpaired) electrons. The lowest BCUT2D eigenvalue weighted by molar-refractivity contribution is -0.137. The minimum absolute atomic E-state index is 0.0479. The number of halogens is 1. The van der Waals surface area contributed by atoms with E-state index in [0.717, 1.165) is 5.56 Å². The average molecular weight is 559 g/mol. The first kappa shape index (κ1) is 28.5. The molecule has 1 fully saturated rings. The normalized spacial score (nSPS) is 15.1. The number of hydrogen-bond acceptors (Lipinski definition) is 10. The number of carbonyl (C=O) groups is 1. The Hall–Kier alpha value is -3.51. The first-order chi connectivity index (χ1) is 18.8. The lowest BCUT2D eigenvalue weighted by atomic mass is 10.1. The number of aryl methyl sites for hydroxylation is 1. The van der Waals surface area contributed by atoms with E-state index in [1.165, 1.54) is 13.3 Å². The Morgan fingerprint density at radius 3 is 2.67 bits per heavy atom. The average Bonchev–Trinajstić information content (AvgIpc) is 2.94. The molecule has 2 aromatic carbocycles.